The van der Waals surface area contributed by atoms with Crippen LogP contribution < -0.4 is 15.8 Å². The number of nitrogen functional groups attached to an aromatic ring is 1. The normalized spacial score (nSPS) is 12.0. The maximum atomic E-state index is 12.0. The first kappa shape index (κ1) is 16.8. The third kappa shape index (κ3) is 5.00. The van der Waals surface area contributed by atoms with Crippen molar-refractivity contribution in [3.8, 4) is 5.75 Å². The van der Waals surface area contributed by atoms with Crippen molar-refractivity contribution in [2.45, 2.75) is 26.1 Å². The number of aliphatic hydroxyl groups is 1. The van der Waals surface area contributed by atoms with E-state index in [9.17, 15) is 9.90 Å². The Morgan fingerprint density at radius 2 is 1.96 bits per heavy atom. The molecule has 2 aromatic carbocycles. The van der Waals surface area contributed by atoms with E-state index in [-0.39, 0.29) is 18.6 Å². The summed E-state index contributed by atoms with van der Waals surface area (Å²) in [7, 11) is 0. The molecule has 0 aliphatic heterocycles. The van der Waals surface area contributed by atoms with Crippen LogP contribution in [0.5, 0.6) is 5.75 Å². The number of anilines is 1. The molecule has 5 heteroatoms. The molecule has 0 fully saturated rings. The molecule has 122 valence electrons. The number of hydrogen-bond acceptors (Lipinski definition) is 4. The number of aliphatic hydroxyl groups excluding tert-OH is 1. The van der Waals surface area contributed by atoms with Crippen LogP contribution in [0.1, 0.15) is 35.9 Å². The van der Waals surface area contributed by atoms with Crippen molar-refractivity contribution in [2.75, 3.05) is 12.3 Å². The largest absolute Gasteiger partial charge is 0.491 e. The molecule has 1 unspecified atom stereocenters. The van der Waals surface area contributed by atoms with Gasteiger partial charge in [-0.05, 0) is 49.7 Å². The van der Waals surface area contributed by atoms with Crippen molar-refractivity contribution in [1.82, 2.24) is 5.32 Å². The quantitative estimate of drug-likeness (QED) is 0.715. The molecule has 2 aromatic rings. The summed E-state index contributed by atoms with van der Waals surface area (Å²) < 4.78 is 5.60. The van der Waals surface area contributed by atoms with Crippen LogP contribution >= 0.6 is 0 Å². The van der Waals surface area contributed by atoms with Gasteiger partial charge in [-0.1, -0.05) is 18.2 Å². The number of carbonyl (C=O) groups is 1. The minimum atomic E-state index is -0.810. The molecule has 0 aliphatic carbocycles. The Kier molecular flexibility index (Phi) is 5.60. The lowest BCUT2D eigenvalue weighted by molar-refractivity contribution is 0.0916. The van der Waals surface area contributed by atoms with Gasteiger partial charge < -0.3 is 20.9 Å². The van der Waals surface area contributed by atoms with Crippen LogP contribution in [-0.4, -0.2) is 23.7 Å². The van der Waals surface area contributed by atoms with Gasteiger partial charge in [0.1, 0.15) is 5.75 Å². The SMILES string of the molecule is CC(C)Oc1cccc(C(O)CNC(=O)c2cccc(N)c2)c1. The molecule has 2 rings (SSSR count). The standard InChI is InChI=1S/C18H22N2O3/c1-12(2)23-16-8-4-5-13(10-16)17(21)11-20-18(22)14-6-3-7-15(19)9-14/h3-10,12,17,21H,11,19H2,1-2H3,(H,20,22). The van der Waals surface area contributed by atoms with Crippen molar-refractivity contribution < 1.29 is 14.6 Å². The van der Waals surface area contributed by atoms with E-state index < -0.39 is 6.10 Å². The lowest BCUT2D eigenvalue weighted by atomic mass is 10.1. The second-order valence-corrected chi connectivity index (χ2v) is 5.59. The Hall–Kier alpha value is -2.53. The first-order chi connectivity index (χ1) is 11.0. The molecule has 0 saturated heterocycles. The summed E-state index contributed by atoms with van der Waals surface area (Å²) in [6, 6.07) is 13.9. The average Bonchev–Trinajstić information content (AvgIpc) is 2.52. The van der Waals surface area contributed by atoms with E-state index in [4.69, 9.17) is 10.5 Å². The molecule has 0 saturated carbocycles. The van der Waals surface area contributed by atoms with Crippen molar-refractivity contribution >= 4 is 11.6 Å². The number of benzene rings is 2. The maximum absolute atomic E-state index is 12.0. The number of carbonyl (C=O) groups excluding carboxylic acids is 1. The van der Waals surface area contributed by atoms with Gasteiger partial charge in [-0.2, -0.15) is 0 Å². The zero-order valence-corrected chi connectivity index (χ0v) is 13.3. The van der Waals surface area contributed by atoms with Gasteiger partial charge in [0.2, 0.25) is 0 Å². The van der Waals surface area contributed by atoms with Crippen molar-refractivity contribution in [3.05, 3.63) is 59.7 Å². The number of hydrogen-bond donors (Lipinski definition) is 3. The molecule has 0 bridgehead atoms. The van der Waals surface area contributed by atoms with Crippen LogP contribution in [0.4, 0.5) is 5.69 Å². The lowest BCUT2D eigenvalue weighted by Crippen LogP contribution is -2.28. The van der Waals surface area contributed by atoms with E-state index in [1.807, 2.05) is 26.0 Å². The van der Waals surface area contributed by atoms with Crippen LogP contribution in [0.2, 0.25) is 0 Å². The summed E-state index contributed by atoms with van der Waals surface area (Å²) >= 11 is 0. The molecule has 4 N–H and O–H groups in total. The molecule has 0 spiro atoms. The van der Waals surface area contributed by atoms with E-state index in [2.05, 4.69) is 5.32 Å². The van der Waals surface area contributed by atoms with Crippen LogP contribution in [0.25, 0.3) is 0 Å². The molecule has 5 nitrogen and oxygen atoms in total. The lowest BCUT2D eigenvalue weighted by Gasteiger charge is -2.15. The van der Waals surface area contributed by atoms with Crippen molar-refractivity contribution in [2.24, 2.45) is 0 Å². The number of amides is 1. The molecule has 1 amide bonds. The zero-order chi connectivity index (χ0) is 16.8. The van der Waals surface area contributed by atoms with Crippen LogP contribution in [0, 0.1) is 0 Å². The highest BCUT2D eigenvalue weighted by Crippen LogP contribution is 2.20. The fraction of sp³-hybridized carbons (Fsp3) is 0.278. The van der Waals surface area contributed by atoms with Crippen molar-refractivity contribution in [1.29, 1.82) is 0 Å². The van der Waals surface area contributed by atoms with Gasteiger partial charge in [0.15, 0.2) is 0 Å². The Morgan fingerprint density at radius 1 is 1.22 bits per heavy atom. The molecule has 1 atom stereocenters. The van der Waals surface area contributed by atoms with Gasteiger partial charge in [0.25, 0.3) is 5.91 Å². The number of nitrogens with two attached hydrogens (primary N) is 1. The topological polar surface area (TPSA) is 84.6 Å². The summed E-state index contributed by atoms with van der Waals surface area (Å²) in [5.41, 5.74) is 7.34. The molecular formula is C18H22N2O3. The van der Waals surface area contributed by atoms with E-state index in [0.717, 1.165) is 0 Å². The number of nitrogens with one attached hydrogen (secondary N) is 1. The Morgan fingerprint density at radius 3 is 2.65 bits per heavy atom. The highest BCUT2D eigenvalue weighted by molar-refractivity contribution is 5.94. The Balaban J connectivity index is 1.96. The van der Waals surface area contributed by atoms with Gasteiger partial charge in [0.05, 0.1) is 12.2 Å². The summed E-state index contributed by atoms with van der Waals surface area (Å²) in [6.07, 6.45) is -0.749. The predicted octanol–water partition coefficient (Wildman–Crippen LogP) is 2.52. The first-order valence-corrected chi connectivity index (χ1v) is 7.54. The fourth-order valence-electron chi connectivity index (χ4n) is 2.16. The number of rotatable bonds is 6. The zero-order valence-electron chi connectivity index (χ0n) is 13.3. The minimum Gasteiger partial charge on any atom is -0.491 e. The second kappa shape index (κ2) is 7.65. The van der Waals surface area contributed by atoms with E-state index in [1.54, 1.807) is 36.4 Å². The van der Waals surface area contributed by atoms with Gasteiger partial charge in [-0.3, -0.25) is 4.79 Å². The highest BCUT2D eigenvalue weighted by atomic mass is 16.5. The van der Waals surface area contributed by atoms with E-state index in [1.165, 1.54) is 0 Å². The van der Waals surface area contributed by atoms with Crippen LogP contribution in [-0.2, 0) is 0 Å². The first-order valence-electron chi connectivity index (χ1n) is 7.54. The number of ether oxygens (including phenoxy) is 1. The van der Waals surface area contributed by atoms with E-state index >= 15 is 0 Å². The third-order valence-electron chi connectivity index (χ3n) is 3.22. The third-order valence-corrected chi connectivity index (χ3v) is 3.22. The monoisotopic (exact) mass is 314 g/mol. The van der Waals surface area contributed by atoms with Crippen LogP contribution in [0.15, 0.2) is 48.5 Å². The minimum absolute atomic E-state index is 0.0608. The van der Waals surface area contributed by atoms with Gasteiger partial charge in [-0.15, -0.1) is 0 Å². The smallest absolute Gasteiger partial charge is 0.251 e. The average molecular weight is 314 g/mol. The van der Waals surface area contributed by atoms with Gasteiger partial charge in [-0.25, -0.2) is 0 Å². The molecule has 23 heavy (non-hydrogen) atoms. The maximum Gasteiger partial charge on any atom is 0.251 e. The molecular weight excluding hydrogens is 292 g/mol. The van der Waals surface area contributed by atoms with E-state index in [0.29, 0.717) is 22.6 Å². The summed E-state index contributed by atoms with van der Waals surface area (Å²) in [5.74, 6) is 0.421. The summed E-state index contributed by atoms with van der Waals surface area (Å²) in [5, 5.41) is 12.9. The van der Waals surface area contributed by atoms with Crippen molar-refractivity contribution in [3.63, 3.8) is 0 Å². The molecule has 0 heterocycles. The van der Waals surface area contributed by atoms with Crippen LogP contribution in [0.3, 0.4) is 0 Å². The molecule has 0 aromatic heterocycles. The van der Waals surface area contributed by atoms with Gasteiger partial charge >= 0.3 is 0 Å². The predicted molar refractivity (Wildman–Crippen MR) is 90.4 cm³/mol. The highest BCUT2D eigenvalue weighted by Gasteiger charge is 2.12. The summed E-state index contributed by atoms with van der Waals surface area (Å²) in [6.45, 7) is 3.99. The summed E-state index contributed by atoms with van der Waals surface area (Å²) in [4.78, 5) is 12.0. The second-order valence-electron chi connectivity index (χ2n) is 5.59. The molecule has 0 radical (unpaired) electrons. The van der Waals surface area contributed by atoms with Gasteiger partial charge in [0, 0.05) is 17.8 Å². The fourth-order valence-corrected chi connectivity index (χ4v) is 2.16. The Labute approximate surface area is 136 Å². The Bertz CT molecular complexity index is 671. The molecule has 0 aliphatic rings.